The minimum Gasteiger partial charge on any atom is -0.490 e. The Labute approximate surface area is 178 Å². The Morgan fingerprint density at radius 1 is 1.30 bits per heavy atom. The van der Waals surface area contributed by atoms with Gasteiger partial charge in [0.15, 0.2) is 0 Å². The van der Waals surface area contributed by atoms with E-state index in [1.54, 1.807) is 18.2 Å². The number of esters is 1. The van der Waals surface area contributed by atoms with Crippen LogP contribution in [0.25, 0.3) is 6.08 Å². The van der Waals surface area contributed by atoms with E-state index in [0.29, 0.717) is 16.3 Å². The number of carbonyl (C=O) groups excluding carboxylic acids is 3. The third kappa shape index (κ3) is 4.65. The number of ether oxygens (including phenoxy) is 2. The van der Waals surface area contributed by atoms with Crippen molar-refractivity contribution in [2.75, 3.05) is 7.11 Å². The molecule has 1 saturated heterocycles. The van der Waals surface area contributed by atoms with Crippen molar-refractivity contribution in [1.29, 1.82) is 0 Å². The summed E-state index contributed by atoms with van der Waals surface area (Å²) in [6.07, 6.45) is 2.29. The lowest BCUT2D eigenvalue weighted by Gasteiger charge is -2.15. The summed E-state index contributed by atoms with van der Waals surface area (Å²) in [6.45, 7) is 3.80. The molecule has 0 aliphatic carbocycles. The lowest BCUT2D eigenvalue weighted by molar-refractivity contribution is -0.123. The number of imide groups is 1. The van der Waals surface area contributed by atoms with Gasteiger partial charge in [-0.2, -0.15) is 0 Å². The zero-order chi connectivity index (χ0) is 21.8. The summed E-state index contributed by atoms with van der Waals surface area (Å²) in [5.74, 6) is -0.375. The second-order valence-electron chi connectivity index (χ2n) is 6.66. The van der Waals surface area contributed by atoms with Gasteiger partial charge in [-0.05, 0) is 49.8 Å². The van der Waals surface area contributed by atoms with Crippen LogP contribution in [0.4, 0.5) is 4.79 Å². The molecule has 1 aromatic carbocycles. The van der Waals surface area contributed by atoms with E-state index in [4.69, 9.17) is 20.8 Å². The molecule has 3 amide bonds. The standard InChI is InChI=1S/C21H21ClN2O6/c1-4-12(2)29-17-7-5-14(22)9-13(17)10-16-19(25)24(21(27)23-16)11-15-6-8-18(30-15)20(26)28-3/h5-10,12H,4,11H2,1-3H3,(H,23,27)/b16-10-/t12-/m0/s1. The number of carbonyl (C=O) groups is 3. The van der Waals surface area contributed by atoms with E-state index in [9.17, 15) is 14.4 Å². The number of rotatable bonds is 7. The molecule has 1 aliphatic heterocycles. The van der Waals surface area contributed by atoms with Crippen LogP contribution in [0, 0.1) is 0 Å². The van der Waals surface area contributed by atoms with Crippen LogP contribution in [0.15, 0.2) is 40.4 Å². The van der Waals surface area contributed by atoms with Crippen molar-refractivity contribution in [2.24, 2.45) is 0 Å². The fraction of sp³-hybridized carbons (Fsp3) is 0.286. The molecule has 0 saturated carbocycles. The Morgan fingerprint density at radius 2 is 2.07 bits per heavy atom. The molecule has 0 spiro atoms. The third-order valence-electron chi connectivity index (χ3n) is 4.50. The SMILES string of the molecule is CC[C@H](C)Oc1ccc(Cl)cc1/C=C1\NC(=O)N(Cc2ccc(C(=O)OC)o2)C1=O. The highest BCUT2D eigenvalue weighted by molar-refractivity contribution is 6.30. The third-order valence-corrected chi connectivity index (χ3v) is 4.73. The maximum absolute atomic E-state index is 12.8. The monoisotopic (exact) mass is 432 g/mol. The lowest BCUT2D eigenvalue weighted by Crippen LogP contribution is -2.30. The van der Waals surface area contributed by atoms with E-state index in [2.05, 4.69) is 10.1 Å². The molecule has 0 bridgehead atoms. The van der Waals surface area contributed by atoms with Gasteiger partial charge in [0, 0.05) is 10.6 Å². The lowest BCUT2D eigenvalue weighted by atomic mass is 10.1. The minimum absolute atomic E-state index is 0.0129. The quantitative estimate of drug-likeness (QED) is 0.403. The number of nitrogens with zero attached hydrogens (tertiary/aromatic N) is 1. The fourth-order valence-electron chi connectivity index (χ4n) is 2.74. The second kappa shape index (κ2) is 9.04. The van der Waals surface area contributed by atoms with Crippen LogP contribution in [-0.4, -0.2) is 36.0 Å². The first-order chi connectivity index (χ1) is 14.3. The van der Waals surface area contributed by atoms with Gasteiger partial charge in [-0.15, -0.1) is 0 Å². The molecule has 0 unspecified atom stereocenters. The second-order valence-corrected chi connectivity index (χ2v) is 7.09. The molecule has 158 valence electrons. The molecule has 9 heteroatoms. The number of halogens is 1. The smallest absolute Gasteiger partial charge is 0.373 e. The van der Waals surface area contributed by atoms with E-state index >= 15 is 0 Å². The summed E-state index contributed by atoms with van der Waals surface area (Å²) >= 11 is 6.10. The molecule has 2 aromatic rings. The number of furan rings is 1. The number of hydrogen-bond acceptors (Lipinski definition) is 6. The van der Waals surface area contributed by atoms with Gasteiger partial charge in [0.2, 0.25) is 5.76 Å². The molecule has 1 aromatic heterocycles. The molecule has 30 heavy (non-hydrogen) atoms. The van der Waals surface area contributed by atoms with Crippen LogP contribution in [-0.2, 0) is 16.1 Å². The molecule has 1 aliphatic rings. The van der Waals surface area contributed by atoms with Gasteiger partial charge in [0.1, 0.15) is 17.2 Å². The van der Waals surface area contributed by atoms with Gasteiger partial charge in [-0.25, -0.2) is 9.59 Å². The molecular formula is C21H21ClN2O6. The average molecular weight is 433 g/mol. The zero-order valence-electron chi connectivity index (χ0n) is 16.7. The van der Waals surface area contributed by atoms with Gasteiger partial charge in [-0.1, -0.05) is 18.5 Å². The van der Waals surface area contributed by atoms with E-state index in [0.717, 1.165) is 11.3 Å². The maximum atomic E-state index is 12.8. The Bertz CT molecular complexity index is 1010. The molecule has 1 N–H and O–H groups in total. The number of methoxy groups -OCH3 is 1. The molecule has 1 atom stereocenters. The molecule has 8 nitrogen and oxygen atoms in total. The van der Waals surface area contributed by atoms with Crippen molar-refractivity contribution < 1.29 is 28.3 Å². The van der Waals surface area contributed by atoms with Gasteiger partial charge >= 0.3 is 12.0 Å². The molecular weight excluding hydrogens is 412 g/mol. The molecule has 2 heterocycles. The number of urea groups is 1. The molecule has 1 fully saturated rings. The topological polar surface area (TPSA) is 98.1 Å². The van der Waals surface area contributed by atoms with Crippen molar-refractivity contribution in [2.45, 2.75) is 32.9 Å². The van der Waals surface area contributed by atoms with Crippen LogP contribution >= 0.6 is 11.6 Å². The molecule has 0 radical (unpaired) electrons. The summed E-state index contributed by atoms with van der Waals surface area (Å²) in [5.41, 5.74) is 0.648. The number of hydrogen-bond donors (Lipinski definition) is 1. The Balaban J connectivity index is 1.82. The number of amides is 3. The van der Waals surface area contributed by atoms with E-state index in [1.165, 1.54) is 25.3 Å². The Morgan fingerprint density at radius 3 is 2.77 bits per heavy atom. The van der Waals surface area contributed by atoms with Gasteiger partial charge in [0.05, 0.1) is 19.8 Å². The highest BCUT2D eigenvalue weighted by Crippen LogP contribution is 2.28. The summed E-state index contributed by atoms with van der Waals surface area (Å²) < 4.78 is 15.8. The predicted molar refractivity (Wildman–Crippen MR) is 109 cm³/mol. The van der Waals surface area contributed by atoms with Crippen LogP contribution < -0.4 is 10.1 Å². The van der Waals surface area contributed by atoms with Crippen LogP contribution in [0.3, 0.4) is 0 Å². The first-order valence-corrected chi connectivity index (χ1v) is 9.68. The average Bonchev–Trinajstić information content (AvgIpc) is 3.30. The van der Waals surface area contributed by atoms with Crippen molar-refractivity contribution in [3.05, 3.63) is 58.1 Å². The largest absolute Gasteiger partial charge is 0.490 e. The van der Waals surface area contributed by atoms with Crippen molar-refractivity contribution in [3.63, 3.8) is 0 Å². The number of benzene rings is 1. The minimum atomic E-state index is -0.645. The first-order valence-electron chi connectivity index (χ1n) is 9.30. The van der Waals surface area contributed by atoms with Crippen LogP contribution in [0.1, 0.15) is 42.1 Å². The maximum Gasteiger partial charge on any atom is 0.373 e. The van der Waals surface area contributed by atoms with E-state index in [1.807, 2.05) is 13.8 Å². The Kier molecular flexibility index (Phi) is 6.47. The fourth-order valence-corrected chi connectivity index (χ4v) is 2.92. The van der Waals surface area contributed by atoms with Crippen LogP contribution in [0.5, 0.6) is 5.75 Å². The van der Waals surface area contributed by atoms with Gasteiger partial charge < -0.3 is 19.2 Å². The zero-order valence-corrected chi connectivity index (χ0v) is 17.5. The number of nitrogens with one attached hydrogen (secondary N) is 1. The summed E-state index contributed by atoms with van der Waals surface area (Å²) in [7, 11) is 1.23. The summed E-state index contributed by atoms with van der Waals surface area (Å²) in [4.78, 5) is 37.6. The predicted octanol–water partition coefficient (Wildman–Crippen LogP) is 3.99. The van der Waals surface area contributed by atoms with Crippen molar-refractivity contribution in [3.8, 4) is 5.75 Å². The normalized spacial score (nSPS) is 16.0. The van der Waals surface area contributed by atoms with Crippen molar-refractivity contribution >= 4 is 35.6 Å². The molecule has 3 rings (SSSR count). The van der Waals surface area contributed by atoms with E-state index in [-0.39, 0.29) is 29.9 Å². The van der Waals surface area contributed by atoms with Gasteiger partial charge in [0.25, 0.3) is 5.91 Å². The first kappa shape index (κ1) is 21.4. The highest BCUT2D eigenvalue weighted by Gasteiger charge is 2.34. The van der Waals surface area contributed by atoms with Crippen molar-refractivity contribution in [1.82, 2.24) is 10.2 Å². The van der Waals surface area contributed by atoms with Gasteiger partial charge in [-0.3, -0.25) is 9.69 Å². The highest BCUT2D eigenvalue weighted by atomic mass is 35.5. The van der Waals surface area contributed by atoms with E-state index < -0.39 is 17.9 Å². The summed E-state index contributed by atoms with van der Waals surface area (Å²) in [5, 5.41) is 3.01. The summed E-state index contributed by atoms with van der Waals surface area (Å²) in [6, 6.07) is 7.39. The van der Waals surface area contributed by atoms with Crippen LogP contribution in [0.2, 0.25) is 5.02 Å². The Hall–Kier alpha value is -3.26.